The van der Waals surface area contributed by atoms with Crippen LogP contribution in [0, 0.1) is 0 Å². The summed E-state index contributed by atoms with van der Waals surface area (Å²) >= 11 is 6.11. The highest BCUT2D eigenvalue weighted by molar-refractivity contribution is 6.32. The molecule has 0 N–H and O–H groups in total. The van der Waals surface area contributed by atoms with Gasteiger partial charge in [0.2, 0.25) is 11.8 Å². The summed E-state index contributed by atoms with van der Waals surface area (Å²) in [6.07, 6.45) is 8.05. The van der Waals surface area contributed by atoms with Gasteiger partial charge in [-0.1, -0.05) is 29.8 Å². The van der Waals surface area contributed by atoms with Crippen LogP contribution in [0.1, 0.15) is 30.2 Å². The van der Waals surface area contributed by atoms with Gasteiger partial charge in [0.15, 0.2) is 0 Å². The lowest BCUT2D eigenvalue weighted by Crippen LogP contribution is -2.36. The Bertz CT molecular complexity index is 941. The fourth-order valence-electron chi connectivity index (χ4n) is 3.13. The van der Waals surface area contributed by atoms with Crippen LogP contribution >= 0.6 is 11.6 Å². The quantitative estimate of drug-likeness (QED) is 0.624. The lowest BCUT2D eigenvalue weighted by molar-refractivity contribution is -0.127. The molecule has 1 fully saturated rings. The fourth-order valence-corrected chi connectivity index (χ4v) is 3.32. The minimum atomic E-state index is -0.0158. The molecule has 1 aliphatic heterocycles. The van der Waals surface area contributed by atoms with Crippen LogP contribution < -0.4 is 0 Å². The van der Waals surface area contributed by atoms with E-state index in [1.807, 2.05) is 23.1 Å². The van der Waals surface area contributed by atoms with Crippen molar-refractivity contribution in [3.05, 3.63) is 65.4 Å². The largest absolute Gasteiger partial charge is 0.472 e. The number of carbonyl (C=O) groups excluding carboxylic acids is 1. The number of benzene rings is 1. The monoisotopic (exact) mass is 383 g/mol. The molecule has 0 atom stereocenters. The minimum Gasteiger partial charge on any atom is -0.472 e. The molecule has 4 rings (SSSR count). The molecule has 0 bridgehead atoms. The van der Waals surface area contributed by atoms with Crippen LogP contribution in [0.2, 0.25) is 5.02 Å². The molecule has 27 heavy (non-hydrogen) atoms. The van der Waals surface area contributed by atoms with Gasteiger partial charge >= 0.3 is 0 Å². The molecule has 0 unspecified atom stereocenters. The number of likely N-dealkylation sites (tertiary alicyclic amines) is 1. The van der Waals surface area contributed by atoms with Crippen LogP contribution in [0.3, 0.4) is 0 Å². The number of halogens is 1. The summed E-state index contributed by atoms with van der Waals surface area (Å²) < 4.78 is 10.8. The Morgan fingerprint density at radius 2 is 2.00 bits per heavy atom. The van der Waals surface area contributed by atoms with Crippen LogP contribution in [0.25, 0.3) is 17.5 Å². The lowest BCUT2D eigenvalue weighted by atomic mass is 9.97. The molecule has 138 valence electrons. The Labute approximate surface area is 161 Å². The van der Waals surface area contributed by atoms with Crippen LogP contribution in [0.15, 0.2) is 57.8 Å². The molecule has 7 heteroatoms. The van der Waals surface area contributed by atoms with Gasteiger partial charge in [-0.2, -0.15) is 0 Å². The van der Waals surface area contributed by atoms with Crippen LogP contribution in [-0.4, -0.2) is 34.1 Å². The third-order valence-corrected chi connectivity index (χ3v) is 5.02. The van der Waals surface area contributed by atoms with Gasteiger partial charge in [-0.05, 0) is 36.6 Å². The summed E-state index contributed by atoms with van der Waals surface area (Å²) in [5.41, 5.74) is 1.60. The van der Waals surface area contributed by atoms with E-state index in [1.165, 1.54) is 0 Å². The van der Waals surface area contributed by atoms with Gasteiger partial charge in [-0.15, -0.1) is 10.2 Å². The molecular weight excluding hydrogens is 366 g/mol. The first-order valence-electron chi connectivity index (χ1n) is 8.78. The number of furan rings is 1. The normalized spacial score (nSPS) is 15.5. The smallest absolute Gasteiger partial charge is 0.250 e. The van der Waals surface area contributed by atoms with Crippen molar-refractivity contribution in [3.63, 3.8) is 0 Å². The molecular formula is C20H18ClN3O3. The highest BCUT2D eigenvalue weighted by Gasteiger charge is 2.26. The first kappa shape index (κ1) is 17.5. The Hall–Kier alpha value is -2.86. The van der Waals surface area contributed by atoms with Crippen molar-refractivity contribution < 1.29 is 13.6 Å². The van der Waals surface area contributed by atoms with E-state index in [0.29, 0.717) is 29.9 Å². The molecule has 6 nitrogen and oxygen atoms in total. The maximum absolute atomic E-state index is 12.4. The summed E-state index contributed by atoms with van der Waals surface area (Å²) in [6.45, 7) is 1.31. The van der Waals surface area contributed by atoms with Gasteiger partial charge in [0.25, 0.3) is 5.89 Å². The van der Waals surface area contributed by atoms with Gasteiger partial charge in [0.1, 0.15) is 6.26 Å². The number of aromatic nitrogens is 2. The highest BCUT2D eigenvalue weighted by Crippen LogP contribution is 2.29. The van der Waals surface area contributed by atoms with Crippen molar-refractivity contribution in [2.24, 2.45) is 0 Å². The van der Waals surface area contributed by atoms with E-state index < -0.39 is 0 Å². The number of hydrogen-bond acceptors (Lipinski definition) is 5. The average Bonchev–Trinajstić information content (AvgIpc) is 3.39. The lowest BCUT2D eigenvalue weighted by Gasteiger charge is -2.29. The number of rotatable bonds is 4. The van der Waals surface area contributed by atoms with Gasteiger partial charge in [-0.3, -0.25) is 4.79 Å². The second-order valence-electron chi connectivity index (χ2n) is 6.41. The molecule has 3 heterocycles. The summed E-state index contributed by atoms with van der Waals surface area (Å²) in [5.74, 6) is 1.22. The standard InChI is InChI=1S/C20H18ClN3O3/c21-17-4-2-1-3-14(17)5-6-18(25)24-10-7-15(8-11-24)19-22-23-20(27-19)16-9-12-26-13-16/h1-6,9,12-13,15H,7-8,10-11H2. The van der Waals surface area contributed by atoms with E-state index in [2.05, 4.69) is 10.2 Å². The summed E-state index contributed by atoms with van der Waals surface area (Å²) in [6, 6.07) is 9.22. The second kappa shape index (κ2) is 7.80. The van der Waals surface area contributed by atoms with E-state index in [4.69, 9.17) is 20.4 Å². The third-order valence-electron chi connectivity index (χ3n) is 4.68. The van der Waals surface area contributed by atoms with E-state index >= 15 is 0 Å². The van der Waals surface area contributed by atoms with E-state index in [0.717, 1.165) is 24.0 Å². The van der Waals surface area contributed by atoms with E-state index in [1.54, 1.807) is 36.8 Å². The van der Waals surface area contributed by atoms with Gasteiger partial charge in [0.05, 0.1) is 11.8 Å². The fraction of sp³-hybridized carbons (Fsp3) is 0.250. The van der Waals surface area contributed by atoms with Gasteiger partial charge in [0, 0.05) is 30.1 Å². The molecule has 1 aliphatic rings. The van der Waals surface area contributed by atoms with Crippen molar-refractivity contribution >= 4 is 23.6 Å². The predicted octanol–water partition coefficient (Wildman–Crippen LogP) is 4.40. The summed E-state index contributed by atoms with van der Waals surface area (Å²) in [5, 5.41) is 8.87. The molecule has 0 spiro atoms. The Morgan fingerprint density at radius 3 is 2.74 bits per heavy atom. The van der Waals surface area contributed by atoms with Crippen molar-refractivity contribution in [1.29, 1.82) is 0 Å². The van der Waals surface area contributed by atoms with E-state index in [-0.39, 0.29) is 11.8 Å². The average molecular weight is 384 g/mol. The molecule has 3 aromatic rings. The topological polar surface area (TPSA) is 72.4 Å². The number of hydrogen-bond donors (Lipinski definition) is 0. The van der Waals surface area contributed by atoms with Crippen LogP contribution in [-0.2, 0) is 4.79 Å². The molecule has 2 aromatic heterocycles. The third kappa shape index (κ3) is 3.95. The second-order valence-corrected chi connectivity index (χ2v) is 6.82. The highest BCUT2D eigenvalue weighted by atomic mass is 35.5. The zero-order valence-electron chi connectivity index (χ0n) is 14.5. The zero-order chi connectivity index (χ0) is 18.6. The van der Waals surface area contributed by atoms with E-state index in [9.17, 15) is 4.79 Å². The molecule has 0 radical (unpaired) electrons. The molecule has 0 saturated carbocycles. The number of amides is 1. The Kier molecular flexibility index (Phi) is 5.07. The Balaban J connectivity index is 1.35. The SMILES string of the molecule is O=C(C=Cc1ccccc1Cl)N1CCC(c2nnc(-c3ccoc3)o2)CC1. The Morgan fingerprint density at radius 1 is 1.19 bits per heavy atom. The molecule has 1 aromatic carbocycles. The van der Waals surface area contributed by atoms with Crippen molar-refractivity contribution in [2.45, 2.75) is 18.8 Å². The first-order valence-corrected chi connectivity index (χ1v) is 9.16. The summed E-state index contributed by atoms with van der Waals surface area (Å²) in [4.78, 5) is 14.3. The van der Waals surface area contributed by atoms with Crippen LogP contribution in [0.5, 0.6) is 0 Å². The number of piperidine rings is 1. The minimum absolute atomic E-state index is 0.0158. The molecule has 1 saturated heterocycles. The number of carbonyl (C=O) groups is 1. The van der Waals surface area contributed by atoms with Crippen molar-refractivity contribution in [1.82, 2.24) is 15.1 Å². The molecule has 0 aliphatic carbocycles. The van der Waals surface area contributed by atoms with Gasteiger partial charge in [-0.25, -0.2) is 0 Å². The van der Waals surface area contributed by atoms with Crippen LogP contribution in [0.4, 0.5) is 0 Å². The number of nitrogens with zero attached hydrogens (tertiary/aromatic N) is 3. The maximum Gasteiger partial charge on any atom is 0.250 e. The zero-order valence-corrected chi connectivity index (χ0v) is 15.3. The van der Waals surface area contributed by atoms with Gasteiger partial charge < -0.3 is 13.7 Å². The predicted molar refractivity (Wildman–Crippen MR) is 101 cm³/mol. The molecule has 1 amide bonds. The van der Waals surface area contributed by atoms with Crippen molar-refractivity contribution in [2.75, 3.05) is 13.1 Å². The first-order chi connectivity index (χ1) is 13.2. The summed E-state index contributed by atoms with van der Waals surface area (Å²) in [7, 11) is 0. The maximum atomic E-state index is 12.4. The van der Waals surface area contributed by atoms with Crippen molar-refractivity contribution in [3.8, 4) is 11.5 Å².